The summed E-state index contributed by atoms with van der Waals surface area (Å²) in [5.74, 6) is -2.26. The molecule has 0 saturated heterocycles. The van der Waals surface area contributed by atoms with Gasteiger partial charge in [-0.1, -0.05) is 402 Å². The lowest BCUT2D eigenvalue weighted by molar-refractivity contribution is -0.870. The Labute approximate surface area is 590 Å². The third-order valence-electron chi connectivity index (χ3n) is 18.8. The molecule has 0 fully saturated rings. The summed E-state index contributed by atoms with van der Waals surface area (Å²) in [5, 5.41) is 11.9. The highest BCUT2D eigenvalue weighted by Gasteiger charge is 2.22. The van der Waals surface area contributed by atoms with Gasteiger partial charge in [0.1, 0.15) is 13.2 Å². The quantitative estimate of drug-likeness (QED) is 0.0195. The largest absolute Gasteiger partial charge is 0.545 e. The van der Waals surface area contributed by atoms with E-state index in [1.54, 1.807) is 0 Å². The van der Waals surface area contributed by atoms with Crippen LogP contribution in [-0.2, 0) is 33.3 Å². The zero-order chi connectivity index (χ0) is 69.0. The van der Waals surface area contributed by atoms with Crippen LogP contribution in [0.25, 0.3) is 0 Å². The zero-order valence-corrected chi connectivity index (χ0v) is 63.8. The smallest absolute Gasteiger partial charge is 0.306 e. The van der Waals surface area contributed by atoms with Gasteiger partial charge in [0, 0.05) is 12.8 Å². The van der Waals surface area contributed by atoms with Crippen LogP contribution in [0.5, 0.6) is 0 Å². The van der Waals surface area contributed by atoms with Crippen molar-refractivity contribution >= 4 is 17.9 Å². The van der Waals surface area contributed by atoms with Crippen molar-refractivity contribution in [2.24, 2.45) is 0 Å². The maximum Gasteiger partial charge on any atom is 0.306 e. The molecule has 0 aromatic heterocycles. The van der Waals surface area contributed by atoms with Gasteiger partial charge in [-0.3, -0.25) is 9.59 Å². The number of quaternary nitrogens is 1. The summed E-state index contributed by atoms with van der Waals surface area (Å²) < 4.78 is 22.9. The summed E-state index contributed by atoms with van der Waals surface area (Å²) in [6.45, 7) is 4.71. The molecule has 0 aliphatic heterocycles. The predicted molar refractivity (Wildman–Crippen MR) is 408 cm³/mol. The number of carboxylic acid groups (broad SMARTS) is 1. The van der Waals surface area contributed by atoms with E-state index in [9.17, 15) is 19.5 Å². The standard InChI is InChI=1S/C86H159NO8/c1-6-8-10-12-14-16-18-20-22-24-26-28-30-32-34-36-38-39-40-41-42-43-44-45-47-48-50-52-54-56-58-60-62-64-66-68-70-72-74-76-83(88)93-80-82(81-94-86(85(90)91)92-79-78-87(3,4)5)95-84(89)77-75-73-71-69-67-65-63-61-59-57-55-53-51-49-46-37-35-33-31-29-27-25-23-21-19-17-15-13-11-9-7-2/h9,11,15,17,21,23,27,29,33,35,82,86H,6-8,10,12-14,16,18-20,22,24-26,28,30-32,34,36-81H2,1-5H3/b11-9-,17-15-,23-21-,29-27-,35-33-. The monoisotopic (exact) mass is 1330 g/mol. The minimum Gasteiger partial charge on any atom is -0.545 e. The summed E-state index contributed by atoms with van der Waals surface area (Å²) in [6, 6.07) is 0. The van der Waals surface area contributed by atoms with Gasteiger partial charge in [0.25, 0.3) is 0 Å². The number of carboxylic acids is 1. The van der Waals surface area contributed by atoms with Crippen molar-refractivity contribution in [2.45, 2.75) is 424 Å². The van der Waals surface area contributed by atoms with Gasteiger partial charge in [-0.2, -0.15) is 0 Å². The summed E-state index contributed by atoms with van der Waals surface area (Å²) in [6.07, 6.45) is 99.4. The minimum atomic E-state index is -1.62. The third-order valence-corrected chi connectivity index (χ3v) is 18.8. The Kier molecular flexibility index (Phi) is 74.3. The molecule has 0 radical (unpaired) electrons. The molecule has 0 aliphatic rings. The van der Waals surface area contributed by atoms with Crippen molar-refractivity contribution in [1.29, 1.82) is 0 Å². The Morgan fingerprint density at radius 3 is 0.895 bits per heavy atom. The van der Waals surface area contributed by atoms with E-state index in [4.69, 9.17) is 18.9 Å². The Morgan fingerprint density at radius 2 is 0.600 bits per heavy atom. The molecule has 2 unspecified atom stereocenters. The summed E-state index contributed by atoms with van der Waals surface area (Å²) >= 11 is 0. The summed E-state index contributed by atoms with van der Waals surface area (Å²) in [4.78, 5) is 37.6. The number of allylic oxidation sites excluding steroid dienone is 10. The number of hydrogen-bond acceptors (Lipinski definition) is 8. The first-order valence-electron chi connectivity index (χ1n) is 41.4. The molecule has 0 saturated carbocycles. The van der Waals surface area contributed by atoms with Crippen LogP contribution < -0.4 is 5.11 Å². The summed E-state index contributed by atoms with van der Waals surface area (Å²) in [7, 11) is 5.95. The van der Waals surface area contributed by atoms with Crippen LogP contribution >= 0.6 is 0 Å². The van der Waals surface area contributed by atoms with Crippen molar-refractivity contribution in [2.75, 3.05) is 47.5 Å². The van der Waals surface area contributed by atoms with Crippen molar-refractivity contribution in [1.82, 2.24) is 0 Å². The van der Waals surface area contributed by atoms with Crippen LogP contribution in [-0.4, -0.2) is 82.3 Å². The second-order valence-electron chi connectivity index (χ2n) is 29.4. The van der Waals surface area contributed by atoms with Crippen LogP contribution in [0.3, 0.4) is 0 Å². The van der Waals surface area contributed by atoms with E-state index in [0.717, 1.165) is 64.2 Å². The second kappa shape index (κ2) is 76.7. The van der Waals surface area contributed by atoms with Gasteiger partial charge in [0.2, 0.25) is 0 Å². The number of aliphatic carboxylic acids is 1. The highest BCUT2D eigenvalue weighted by Crippen LogP contribution is 2.20. The number of carbonyl (C=O) groups is 3. The Balaban J connectivity index is 3.94. The molecule has 2 atom stereocenters. The molecule has 9 heteroatoms. The van der Waals surface area contributed by atoms with E-state index in [-0.39, 0.29) is 32.2 Å². The molecule has 0 rings (SSSR count). The molecular weight excluding hydrogens is 1170 g/mol. The number of nitrogens with zero attached hydrogens (tertiary/aromatic N) is 1. The van der Waals surface area contributed by atoms with Gasteiger partial charge in [-0.15, -0.1) is 0 Å². The molecule has 0 aromatic rings. The first-order chi connectivity index (χ1) is 46.6. The fourth-order valence-electron chi connectivity index (χ4n) is 12.5. The Hall–Kier alpha value is -3.01. The predicted octanol–water partition coefficient (Wildman–Crippen LogP) is 25.3. The number of carbonyl (C=O) groups excluding carboxylic acids is 3. The number of unbranched alkanes of at least 4 members (excludes halogenated alkanes) is 53. The van der Waals surface area contributed by atoms with Crippen LogP contribution in [0.2, 0.25) is 0 Å². The highest BCUT2D eigenvalue weighted by atomic mass is 16.7. The fraction of sp³-hybridized carbons (Fsp3) is 0.849. The number of rotatable bonds is 78. The second-order valence-corrected chi connectivity index (χ2v) is 29.4. The van der Waals surface area contributed by atoms with Crippen LogP contribution in [0.4, 0.5) is 0 Å². The Bertz CT molecular complexity index is 1750. The van der Waals surface area contributed by atoms with E-state index in [1.807, 2.05) is 21.1 Å². The Morgan fingerprint density at radius 1 is 0.326 bits per heavy atom. The van der Waals surface area contributed by atoms with Crippen molar-refractivity contribution in [3.05, 3.63) is 60.8 Å². The maximum absolute atomic E-state index is 13.0. The van der Waals surface area contributed by atoms with Gasteiger partial charge in [0.05, 0.1) is 40.3 Å². The third kappa shape index (κ3) is 78.2. The molecule has 0 heterocycles. The lowest BCUT2D eigenvalue weighted by Crippen LogP contribution is -2.44. The van der Waals surface area contributed by atoms with Gasteiger partial charge in [-0.25, -0.2) is 0 Å². The van der Waals surface area contributed by atoms with Gasteiger partial charge in [0.15, 0.2) is 12.4 Å². The molecule has 0 bridgehead atoms. The van der Waals surface area contributed by atoms with Crippen molar-refractivity contribution in [3.8, 4) is 0 Å². The molecule has 0 aromatic carbocycles. The molecule has 0 spiro atoms. The van der Waals surface area contributed by atoms with Crippen LogP contribution in [0, 0.1) is 0 Å². The SMILES string of the molecule is CC/C=C\C/C=C\C/C=C\C/C=C\C/C=C\CCCCCCCCCCCCCCCCCC(=O)OC(COC(=O)CCCCCCCCCCCCCCCCCCCCCCCCCCCCCCCCCCCCCCCCC)COC(OCC[N+](C)(C)C)C(=O)[O-]. The topological polar surface area (TPSA) is 111 Å². The van der Waals surface area contributed by atoms with Gasteiger partial charge in [-0.05, 0) is 57.8 Å². The minimum absolute atomic E-state index is 0.149. The van der Waals surface area contributed by atoms with Crippen molar-refractivity contribution in [3.63, 3.8) is 0 Å². The van der Waals surface area contributed by atoms with Gasteiger partial charge < -0.3 is 33.3 Å². The van der Waals surface area contributed by atoms with E-state index in [2.05, 4.69) is 74.6 Å². The van der Waals surface area contributed by atoms with E-state index in [0.29, 0.717) is 23.9 Å². The average Bonchev–Trinajstić information content (AvgIpc) is 3.24. The van der Waals surface area contributed by atoms with Crippen molar-refractivity contribution < 1.29 is 42.9 Å². The normalized spacial score (nSPS) is 12.9. The number of esters is 2. The fourth-order valence-corrected chi connectivity index (χ4v) is 12.5. The first kappa shape index (κ1) is 92.0. The van der Waals surface area contributed by atoms with Gasteiger partial charge >= 0.3 is 11.9 Å². The van der Waals surface area contributed by atoms with E-state index < -0.39 is 24.3 Å². The molecular formula is C86H159NO8. The molecule has 95 heavy (non-hydrogen) atoms. The molecule has 0 N–H and O–H groups in total. The first-order valence-corrected chi connectivity index (χ1v) is 41.4. The maximum atomic E-state index is 13.0. The number of likely N-dealkylation sites (N-methyl/N-ethyl adjacent to an activating group) is 1. The van der Waals surface area contributed by atoms with Crippen LogP contribution in [0.15, 0.2) is 60.8 Å². The van der Waals surface area contributed by atoms with E-state index >= 15 is 0 Å². The lowest BCUT2D eigenvalue weighted by atomic mass is 10.0. The summed E-state index contributed by atoms with van der Waals surface area (Å²) in [5.41, 5.74) is 0. The zero-order valence-electron chi connectivity index (χ0n) is 63.8. The average molecular weight is 1340 g/mol. The molecule has 0 aliphatic carbocycles. The number of hydrogen-bond donors (Lipinski definition) is 0. The molecule has 556 valence electrons. The molecule has 0 amide bonds. The lowest BCUT2D eigenvalue weighted by Gasteiger charge is -2.26. The molecule has 9 nitrogen and oxygen atoms in total. The van der Waals surface area contributed by atoms with E-state index in [1.165, 1.54) is 315 Å². The highest BCUT2D eigenvalue weighted by molar-refractivity contribution is 5.70. The van der Waals surface area contributed by atoms with Crippen LogP contribution in [0.1, 0.15) is 412 Å². The number of ether oxygens (including phenoxy) is 4.